The molecule has 174 valence electrons. The Balaban J connectivity index is 0.00000480. The largest absolute Gasteiger partial charge is 1.00 e. The molecular weight excluding hydrogens is 447 g/mol. The molecule has 6 atom stereocenters. The SMILES string of the molecule is CC(=O)N[C@H]1[C@H]([C@H](O)[C@H](O)CO)O[C@@](Oc2ccc([N+](=O)[O-])cc2)(C(=O)[O-])C[C@@H]1O.O.[Na+]. The maximum absolute atomic E-state index is 11.9. The van der Waals surface area contributed by atoms with Crippen LogP contribution in [0.3, 0.4) is 0 Å². The number of ether oxygens (including phenoxy) is 2. The van der Waals surface area contributed by atoms with Gasteiger partial charge in [0.05, 0.1) is 23.7 Å². The number of aliphatic hydroxyl groups excluding tert-OH is 4. The summed E-state index contributed by atoms with van der Waals surface area (Å²) in [6, 6.07) is 2.91. The summed E-state index contributed by atoms with van der Waals surface area (Å²) in [6.07, 6.45) is -7.84. The summed E-state index contributed by atoms with van der Waals surface area (Å²) in [5, 5.41) is 64.5. The van der Waals surface area contributed by atoms with Gasteiger partial charge in [-0.1, -0.05) is 0 Å². The average Bonchev–Trinajstić information content (AvgIpc) is 2.68. The quantitative estimate of drug-likeness (QED) is 0.136. The first kappa shape index (κ1) is 30.1. The van der Waals surface area contributed by atoms with E-state index in [0.717, 1.165) is 31.2 Å². The van der Waals surface area contributed by atoms with Crippen LogP contribution in [0.5, 0.6) is 5.75 Å². The number of carbonyl (C=O) groups excluding carboxylic acids is 2. The molecular formula is C17H23N2NaO12. The van der Waals surface area contributed by atoms with Crippen LogP contribution in [0.25, 0.3) is 0 Å². The molecule has 1 aromatic carbocycles. The van der Waals surface area contributed by atoms with E-state index in [9.17, 15) is 40.1 Å². The van der Waals surface area contributed by atoms with Crippen molar-refractivity contribution in [3.05, 3.63) is 34.4 Å². The summed E-state index contributed by atoms with van der Waals surface area (Å²) in [5.41, 5.74) is -0.292. The number of carboxylic acids is 1. The first-order valence-corrected chi connectivity index (χ1v) is 8.75. The Morgan fingerprint density at radius 3 is 2.34 bits per heavy atom. The second-order valence-corrected chi connectivity index (χ2v) is 6.71. The maximum atomic E-state index is 11.9. The van der Waals surface area contributed by atoms with Crippen molar-refractivity contribution in [2.45, 2.75) is 49.6 Å². The zero-order valence-electron chi connectivity index (χ0n) is 17.2. The molecule has 7 N–H and O–H groups in total. The number of hydrogen-bond acceptors (Lipinski definition) is 11. The molecule has 1 aliphatic heterocycles. The van der Waals surface area contributed by atoms with Gasteiger partial charge in [-0.05, 0) is 12.1 Å². The third-order valence-electron chi connectivity index (χ3n) is 4.50. The van der Waals surface area contributed by atoms with Crippen LogP contribution in [0.1, 0.15) is 13.3 Å². The molecule has 2 rings (SSSR count). The Kier molecular flexibility index (Phi) is 11.7. The van der Waals surface area contributed by atoms with E-state index in [1.807, 2.05) is 0 Å². The second-order valence-electron chi connectivity index (χ2n) is 6.71. The number of aliphatic carboxylic acids is 1. The number of carbonyl (C=O) groups is 2. The van der Waals surface area contributed by atoms with Gasteiger partial charge in [0.1, 0.15) is 30.0 Å². The van der Waals surface area contributed by atoms with Gasteiger partial charge in [-0.2, -0.15) is 0 Å². The van der Waals surface area contributed by atoms with Crippen molar-refractivity contribution in [2.75, 3.05) is 6.61 Å². The Bertz CT molecular complexity index is 794. The van der Waals surface area contributed by atoms with Crippen LogP contribution < -0.4 is 44.7 Å². The molecule has 1 aromatic rings. The number of aliphatic hydroxyl groups is 4. The molecule has 0 aliphatic carbocycles. The van der Waals surface area contributed by atoms with E-state index in [1.165, 1.54) is 0 Å². The molecule has 0 radical (unpaired) electrons. The molecule has 1 heterocycles. The van der Waals surface area contributed by atoms with Gasteiger partial charge in [-0.3, -0.25) is 14.9 Å². The van der Waals surface area contributed by atoms with Gasteiger partial charge in [-0.25, -0.2) is 0 Å². The van der Waals surface area contributed by atoms with Gasteiger partial charge in [0.15, 0.2) is 0 Å². The zero-order valence-corrected chi connectivity index (χ0v) is 19.2. The average molecular weight is 470 g/mol. The van der Waals surface area contributed by atoms with Gasteiger partial charge in [0.25, 0.3) is 11.5 Å². The summed E-state index contributed by atoms with van der Waals surface area (Å²) in [5.74, 6) is -5.45. The van der Waals surface area contributed by atoms with Crippen molar-refractivity contribution >= 4 is 17.6 Å². The van der Waals surface area contributed by atoms with E-state index < -0.39 is 66.1 Å². The number of benzene rings is 1. The predicted octanol–water partition coefficient (Wildman–Crippen LogP) is -7.03. The fourth-order valence-electron chi connectivity index (χ4n) is 3.05. The molecule has 32 heavy (non-hydrogen) atoms. The second kappa shape index (κ2) is 12.4. The number of nitrogens with one attached hydrogen (secondary N) is 1. The fraction of sp³-hybridized carbons (Fsp3) is 0.529. The predicted molar refractivity (Wildman–Crippen MR) is 97.3 cm³/mol. The van der Waals surface area contributed by atoms with E-state index in [-0.39, 0.29) is 46.5 Å². The molecule has 0 unspecified atom stereocenters. The summed E-state index contributed by atoms with van der Waals surface area (Å²) in [4.78, 5) is 33.4. The minimum atomic E-state index is -2.68. The molecule has 1 fully saturated rings. The van der Waals surface area contributed by atoms with Gasteiger partial charge < -0.3 is 50.6 Å². The van der Waals surface area contributed by atoms with Crippen molar-refractivity contribution in [2.24, 2.45) is 0 Å². The van der Waals surface area contributed by atoms with Gasteiger partial charge in [0, 0.05) is 25.5 Å². The maximum Gasteiger partial charge on any atom is 1.00 e. The molecule has 0 bridgehead atoms. The van der Waals surface area contributed by atoms with E-state index in [1.54, 1.807) is 0 Å². The Hall–Kier alpha value is -1.88. The van der Waals surface area contributed by atoms with Gasteiger partial charge in [-0.15, -0.1) is 0 Å². The molecule has 1 saturated heterocycles. The summed E-state index contributed by atoms with van der Waals surface area (Å²) in [6.45, 7) is 0.179. The minimum Gasteiger partial charge on any atom is -0.543 e. The smallest absolute Gasteiger partial charge is 0.543 e. The Labute approximate surface area is 203 Å². The summed E-state index contributed by atoms with van der Waals surface area (Å²) >= 11 is 0. The van der Waals surface area contributed by atoms with Crippen LogP contribution >= 0.6 is 0 Å². The van der Waals surface area contributed by atoms with E-state index in [0.29, 0.717) is 0 Å². The summed E-state index contributed by atoms with van der Waals surface area (Å²) in [7, 11) is 0. The molecule has 14 nitrogen and oxygen atoms in total. The van der Waals surface area contributed by atoms with Crippen LogP contribution in [0.15, 0.2) is 24.3 Å². The third-order valence-corrected chi connectivity index (χ3v) is 4.50. The number of rotatable bonds is 8. The first-order chi connectivity index (χ1) is 14.0. The van der Waals surface area contributed by atoms with Crippen molar-refractivity contribution in [3.8, 4) is 5.75 Å². The van der Waals surface area contributed by atoms with E-state index in [4.69, 9.17) is 14.6 Å². The van der Waals surface area contributed by atoms with Gasteiger partial charge >= 0.3 is 29.6 Å². The molecule has 0 saturated carbocycles. The number of nitrogens with zero attached hydrogens (tertiary/aromatic N) is 1. The van der Waals surface area contributed by atoms with Crippen molar-refractivity contribution in [3.63, 3.8) is 0 Å². The van der Waals surface area contributed by atoms with Crippen molar-refractivity contribution in [1.29, 1.82) is 0 Å². The molecule has 0 aromatic heterocycles. The molecule has 0 spiro atoms. The third kappa shape index (κ3) is 6.81. The monoisotopic (exact) mass is 470 g/mol. The number of nitro groups is 1. The van der Waals surface area contributed by atoms with Gasteiger partial charge in [0.2, 0.25) is 5.91 Å². The Morgan fingerprint density at radius 2 is 1.91 bits per heavy atom. The van der Waals surface area contributed by atoms with E-state index in [2.05, 4.69) is 5.32 Å². The standard InChI is InChI=1S/C17H22N2O11.Na.H2O/c1-8(21)18-13-11(22)6-17(16(25)26,30-15(13)14(24)12(23)7-20)29-10-4-2-9(3-5-10)19(27)28;;/h2-5,11-15,20,22-24H,6-7H2,1H3,(H,18,21)(H,25,26);;1H2/q;+1;/p-1/t11-,12+,13+,14+,15+,17+;;/m0../s1. The van der Waals surface area contributed by atoms with Crippen LogP contribution in [0.4, 0.5) is 5.69 Å². The normalized spacial score (nSPS) is 26.5. The van der Waals surface area contributed by atoms with E-state index >= 15 is 0 Å². The van der Waals surface area contributed by atoms with Crippen LogP contribution in [-0.2, 0) is 14.3 Å². The summed E-state index contributed by atoms with van der Waals surface area (Å²) < 4.78 is 10.7. The number of nitro benzene ring substituents is 1. The van der Waals surface area contributed by atoms with Crippen molar-refractivity contribution < 1.29 is 84.6 Å². The Morgan fingerprint density at radius 1 is 1.34 bits per heavy atom. The van der Waals surface area contributed by atoms with Crippen molar-refractivity contribution in [1.82, 2.24) is 5.32 Å². The molecule has 15 heteroatoms. The van der Waals surface area contributed by atoms with Crippen LogP contribution in [-0.4, -0.2) is 85.6 Å². The molecule has 1 aliphatic rings. The number of amides is 1. The first-order valence-electron chi connectivity index (χ1n) is 8.75. The zero-order chi connectivity index (χ0) is 22.6. The topological polar surface area (TPSA) is 243 Å². The van der Waals surface area contributed by atoms with Crippen LogP contribution in [0.2, 0.25) is 0 Å². The number of carboxylic acid groups (broad SMARTS) is 1. The molecule has 1 amide bonds. The minimum absolute atomic E-state index is 0. The number of hydrogen-bond donors (Lipinski definition) is 5. The number of non-ortho nitro benzene ring substituents is 1. The van der Waals surface area contributed by atoms with Crippen LogP contribution in [0, 0.1) is 10.1 Å². The fourth-order valence-corrected chi connectivity index (χ4v) is 3.05.